The van der Waals surface area contributed by atoms with Gasteiger partial charge in [-0.2, -0.15) is 0 Å². The molecule has 3 N–H and O–H groups in total. The first-order valence-corrected chi connectivity index (χ1v) is 6.45. The van der Waals surface area contributed by atoms with Crippen LogP contribution in [0.3, 0.4) is 0 Å². The minimum Gasteiger partial charge on any atom is -0.356 e. The Labute approximate surface area is 107 Å². The van der Waals surface area contributed by atoms with Crippen molar-refractivity contribution in [3.63, 3.8) is 0 Å². The van der Waals surface area contributed by atoms with Crippen molar-refractivity contribution in [2.75, 3.05) is 13.1 Å². The van der Waals surface area contributed by atoms with E-state index in [1.165, 1.54) is 12.1 Å². The molecule has 0 heterocycles. The zero-order valence-electron chi connectivity index (χ0n) is 10.4. The fourth-order valence-electron chi connectivity index (χ4n) is 2.18. The van der Waals surface area contributed by atoms with Crippen LogP contribution in [-0.2, 0) is 4.79 Å². The summed E-state index contributed by atoms with van der Waals surface area (Å²) < 4.78 is 12.8. The molecule has 98 valence electrons. The number of hydrogen-bond donors (Lipinski definition) is 2. The molecular weight excluding hydrogens is 231 g/mol. The molecule has 0 bridgehead atoms. The first kappa shape index (κ1) is 13.0. The van der Waals surface area contributed by atoms with E-state index in [9.17, 15) is 9.18 Å². The number of benzene rings is 1. The van der Waals surface area contributed by atoms with Crippen molar-refractivity contribution in [1.29, 1.82) is 0 Å². The summed E-state index contributed by atoms with van der Waals surface area (Å²) in [7, 11) is 0. The number of carbonyl (C=O) groups excluding carboxylic acids is 1. The van der Waals surface area contributed by atoms with Gasteiger partial charge < -0.3 is 11.1 Å². The fourth-order valence-corrected chi connectivity index (χ4v) is 2.18. The summed E-state index contributed by atoms with van der Waals surface area (Å²) in [4.78, 5) is 11.8. The lowest BCUT2D eigenvalue weighted by Crippen LogP contribution is -2.26. The molecule has 1 aromatic rings. The molecule has 0 aliphatic heterocycles. The lowest BCUT2D eigenvalue weighted by molar-refractivity contribution is -0.122. The lowest BCUT2D eigenvalue weighted by Gasteiger charge is -2.04. The number of hydrogen-bond acceptors (Lipinski definition) is 2. The predicted molar refractivity (Wildman–Crippen MR) is 68.5 cm³/mol. The van der Waals surface area contributed by atoms with Crippen LogP contribution in [0, 0.1) is 11.7 Å². The Kier molecular flexibility index (Phi) is 4.31. The summed E-state index contributed by atoms with van der Waals surface area (Å²) in [5, 5.41) is 2.92. The molecule has 1 aromatic carbocycles. The van der Waals surface area contributed by atoms with E-state index in [1.54, 1.807) is 12.1 Å². The monoisotopic (exact) mass is 250 g/mol. The molecule has 18 heavy (non-hydrogen) atoms. The topological polar surface area (TPSA) is 55.1 Å². The number of nitrogens with one attached hydrogen (secondary N) is 1. The van der Waals surface area contributed by atoms with Crippen LogP contribution in [0.1, 0.15) is 30.7 Å². The van der Waals surface area contributed by atoms with Crippen molar-refractivity contribution >= 4 is 5.91 Å². The Balaban J connectivity index is 1.76. The minimum atomic E-state index is -0.234. The van der Waals surface area contributed by atoms with Gasteiger partial charge in [-0.15, -0.1) is 0 Å². The van der Waals surface area contributed by atoms with Gasteiger partial charge in [-0.05, 0) is 49.4 Å². The van der Waals surface area contributed by atoms with Gasteiger partial charge in [0.05, 0.1) is 0 Å². The number of unbranched alkanes of at least 4 members (excludes halogenated alkanes) is 1. The normalized spacial score (nSPS) is 21.7. The fraction of sp³-hybridized carbons (Fsp3) is 0.500. The summed E-state index contributed by atoms with van der Waals surface area (Å²) >= 11 is 0. The van der Waals surface area contributed by atoms with Crippen molar-refractivity contribution < 1.29 is 9.18 Å². The van der Waals surface area contributed by atoms with E-state index >= 15 is 0 Å². The quantitative estimate of drug-likeness (QED) is 0.756. The largest absolute Gasteiger partial charge is 0.356 e. The number of carbonyl (C=O) groups is 1. The Morgan fingerprint density at radius 2 is 2.06 bits per heavy atom. The van der Waals surface area contributed by atoms with Gasteiger partial charge in [-0.1, -0.05) is 12.1 Å². The summed E-state index contributed by atoms with van der Waals surface area (Å²) in [6, 6.07) is 6.43. The van der Waals surface area contributed by atoms with E-state index in [-0.39, 0.29) is 23.6 Å². The van der Waals surface area contributed by atoms with Crippen LogP contribution in [0.4, 0.5) is 4.39 Å². The predicted octanol–water partition coefficient (Wildman–Crippen LogP) is 1.78. The van der Waals surface area contributed by atoms with Crippen LogP contribution in [0.15, 0.2) is 24.3 Å². The van der Waals surface area contributed by atoms with Gasteiger partial charge in [0.1, 0.15) is 5.82 Å². The molecule has 1 amide bonds. The van der Waals surface area contributed by atoms with E-state index in [2.05, 4.69) is 5.32 Å². The molecule has 0 aromatic heterocycles. The lowest BCUT2D eigenvalue weighted by atomic mass is 10.1. The average Bonchev–Trinajstić information content (AvgIpc) is 3.15. The zero-order chi connectivity index (χ0) is 13.0. The van der Waals surface area contributed by atoms with Crippen molar-refractivity contribution in [1.82, 2.24) is 5.32 Å². The molecular formula is C14H19FN2O. The molecule has 1 aliphatic carbocycles. The Morgan fingerprint density at radius 3 is 2.72 bits per heavy atom. The first-order chi connectivity index (χ1) is 8.72. The van der Waals surface area contributed by atoms with Crippen molar-refractivity contribution in [2.45, 2.75) is 25.2 Å². The number of halogens is 1. The van der Waals surface area contributed by atoms with Gasteiger partial charge in [-0.25, -0.2) is 4.39 Å². The zero-order valence-corrected chi connectivity index (χ0v) is 10.4. The Morgan fingerprint density at radius 1 is 1.33 bits per heavy atom. The number of rotatable bonds is 6. The van der Waals surface area contributed by atoms with Crippen LogP contribution >= 0.6 is 0 Å². The third-order valence-electron chi connectivity index (χ3n) is 3.36. The van der Waals surface area contributed by atoms with E-state index in [0.717, 1.165) is 24.8 Å². The average molecular weight is 250 g/mol. The van der Waals surface area contributed by atoms with Crippen LogP contribution in [0.25, 0.3) is 0 Å². The first-order valence-electron chi connectivity index (χ1n) is 6.45. The van der Waals surface area contributed by atoms with Crippen LogP contribution in [0.2, 0.25) is 0 Å². The third-order valence-corrected chi connectivity index (χ3v) is 3.36. The minimum absolute atomic E-state index is 0.0633. The highest BCUT2D eigenvalue weighted by Crippen LogP contribution is 2.47. The molecule has 4 heteroatoms. The van der Waals surface area contributed by atoms with Gasteiger partial charge in [0.2, 0.25) is 5.91 Å². The third kappa shape index (κ3) is 3.29. The highest BCUT2D eigenvalue weighted by Gasteiger charge is 2.43. The molecule has 0 saturated heterocycles. The van der Waals surface area contributed by atoms with E-state index in [0.29, 0.717) is 13.1 Å². The summed E-state index contributed by atoms with van der Waals surface area (Å²) in [5.41, 5.74) is 6.44. The molecule has 1 aliphatic rings. The highest BCUT2D eigenvalue weighted by atomic mass is 19.1. The smallest absolute Gasteiger partial charge is 0.223 e. The van der Waals surface area contributed by atoms with Gasteiger partial charge in [-0.3, -0.25) is 4.79 Å². The Hall–Kier alpha value is -1.42. The molecule has 2 atom stereocenters. The second kappa shape index (κ2) is 5.96. The van der Waals surface area contributed by atoms with E-state index in [1.807, 2.05) is 0 Å². The molecule has 1 saturated carbocycles. The highest BCUT2D eigenvalue weighted by molar-refractivity contribution is 5.82. The van der Waals surface area contributed by atoms with Gasteiger partial charge >= 0.3 is 0 Å². The number of amides is 1. The van der Waals surface area contributed by atoms with Crippen molar-refractivity contribution in [3.8, 4) is 0 Å². The number of nitrogens with two attached hydrogens (primary N) is 1. The molecule has 3 nitrogen and oxygen atoms in total. The molecule has 2 unspecified atom stereocenters. The van der Waals surface area contributed by atoms with Crippen LogP contribution in [0.5, 0.6) is 0 Å². The maximum absolute atomic E-state index is 12.8. The molecule has 0 spiro atoms. The van der Waals surface area contributed by atoms with Crippen LogP contribution < -0.4 is 11.1 Å². The second-order valence-electron chi connectivity index (χ2n) is 4.79. The molecule has 2 rings (SSSR count). The Bertz CT molecular complexity index is 405. The summed E-state index contributed by atoms with van der Waals surface area (Å²) in [6.45, 7) is 1.36. The summed E-state index contributed by atoms with van der Waals surface area (Å²) in [5.74, 6) is 0.206. The standard InChI is InChI=1S/C14H19FN2O/c15-11-5-3-10(4-6-11)12-9-13(12)14(18)17-8-2-1-7-16/h3-6,12-13H,1-2,7-9,16H2,(H,17,18). The van der Waals surface area contributed by atoms with Crippen LogP contribution in [-0.4, -0.2) is 19.0 Å². The molecule has 0 radical (unpaired) electrons. The maximum atomic E-state index is 12.8. The summed E-state index contributed by atoms with van der Waals surface area (Å²) in [6.07, 6.45) is 2.73. The van der Waals surface area contributed by atoms with Crippen molar-refractivity contribution in [2.24, 2.45) is 11.7 Å². The maximum Gasteiger partial charge on any atom is 0.223 e. The van der Waals surface area contributed by atoms with Gasteiger partial charge in [0.15, 0.2) is 0 Å². The van der Waals surface area contributed by atoms with Gasteiger partial charge in [0, 0.05) is 12.5 Å². The van der Waals surface area contributed by atoms with Crippen molar-refractivity contribution in [3.05, 3.63) is 35.6 Å². The second-order valence-corrected chi connectivity index (χ2v) is 4.79. The SMILES string of the molecule is NCCCCNC(=O)C1CC1c1ccc(F)cc1. The molecule has 1 fully saturated rings. The van der Waals surface area contributed by atoms with Gasteiger partial charge in [0.25, 0.3) is 0 Å². The van der Waals surface area contributed by atoms with E-state index in [4.69, 9.17) is 5.73 Å². The van der Waals surface area contributed by atoms with E-state index < -0.39 is 0 Å².